The molecule has 3 rings (SSSR count). The van der Waals surface area contributed by atoms with Gasteiger partial charge in [0.05, 0.1) is 6.54 Å². The van der Waals surface area contributed by atoms with Gasteiger partial charge in [0, 0.05) is 18.3 Å². The van der Waals surface area contributed by atoms with Crippen LogP contribution in [0.15, 0.2) is 47.4 Å². The molecule has 9 heteroatoms. The van der Waals surface area contributed by atoms with Crippen LogP contribution in [0, 0.1) is 0 Å². The normalized spacial score (nSPS) is 17.6. The number of rotatable bonds is 5. The number of thioether (sulfide) groups is 1. The van der Waals surface area contributed by atoms with E-state index in [2.05, 4.69) is 4.98 Å². The van der Waals surface area contributed by atoms with Gasteiger partial charge in [0.2, 0.25) is 0 Å². The number of imide groups is 1. The summed E-state index contributed by atoms with van der Waals surface area (Å²) in [7, 11) is 1.63. The number of H-pyrrole nitrogens is 1. The summed E-state index contributed by atoms with van der Waals surface area (Å²) in [5.41, 5.74) is -0.0927. The summed E-state index contributed by atoms with van der Waals surface area (Å²) >= 11 is 7.41. The number of hydrogen-bond acceptors (Lipinski definition) is 4. The van der Waals surface area contributed by atoms with Gasteiger partial charge in [-0.25, -0.2) is 14.5 Å². The van der Waals surface area contributed by atoms with Gasteiger partial charge in [-0.2, -0.15) is 0 Å². The molecule has 0 spiro atoms. The number of nitrogens with one attached hydrogen (secondary N) is 1. The number of aromatic nitrogens is 1. The van der Waals surface area contributed by atoms with Gasteiger partial charge in [-0.15, -0.1) is 11.8 Å². The van der Waals surface area contributed by atoms with Gasteiger partial charge < -0.3 is 4.98 Å². The van der Waals surface area contributed by atoms with Crippen LogP contribution < -0.4 is 10.5 Å². The molecular weight excluding hydrogens is 388 g/mol. The SMILES string of the molecule is CCSC1N(C)C(=O)N(c2ccc[nH]c2=O)C(=O)N1Cc1ccc(Cl)cc1. The van der Waals surface area contributed by atoms with E-state index in [1.807, 2.05) is 19.1 Å². The molecule has 0 saturated carbocycles. The Morgan fingerprint density at radius 3 is 2.44 bits per heavy atom. The zero-order chi connectivity index (χ0) is 19.6. The van der Waals surface area contributed by atoms with Crippen molar-refractivity contribution in [1.82, 2.24) is 14.8 Å². The van der Waals surface area contributed by atoms with Crippen LogP contribution in [0.5, 0.6) is 0 Å². The minimum absolute atomic E-state index is 0.000375. The minimum Gasteiger partial charge on any atom is -0.327 e. The monoisotopic (exact) mass is 406 g/mol. The van der Waals surface area contributed by atoms with Gasteiger partial charge in [-0.1, -0.05) is 30.7 Å². The molecule has 142 valence electrons. The van der Waals surface area contributed by atoms with Crippen molar-refractivity contribution in [2.75, 3.05) is 17.7 Å². The summed E-state index contributed by atoms with van der Waals surface area (Å²) in [4.78, 5) is 44.7. The first kappa shape index (κ1) is 19.3. The molecule has 0 bridgehead atoms. The summed E-state index contributed by atoms with van der Waals surface area (Å²) in [6.45, 7) is 2.24. The number of urea groups is 2. The molecule has 1 saturated heterocycles. The van der Waals surface area contributed by atoms with Crippen molar-refractivity contribution < 1.29 is 9.59 Å². The predicted molar refractivity (Wildman–Crippen MR) is 107 cm³/mol. The number of benzene rings is 1. The number of aromatic amines is 1. The van der Waals surface area contributed by atoms with Gasteiger partial charge in [-0.05, 0) is 35.6 Å². The van der Waals surface area contributed by atoms with Crippen LogP contribution >= 0.6 is 23.4 Å². The Kier molecular flexibility index (Phi) is 5.76. The fourth-order valence-electron chi connectivity index (χ4n) is 2.84. The Labute approximate surface area is 165 Å². The molecule has 1 N–H and O–H groups in total. The van der Waals surface area contributed by atoms with Crippen LogP contribution in [-0.2, 0) is 6.54 Å². The molecule has 1 atom stereocenters. The highest BCUT2D eigenvalue weighted by atomic mass is 35.5. The summed E-state index contributed by atoms with van der Waals surface area (Å²) in [6, 6.07) is 9.14. The molecule has 1 unspecified atom stereocenters. The molecule has 0 aliphatic carbocycles. The number of pyridine rings is 1. The van der Waals surface area contributed by atoms with E-state index in [4.69, 9.17) is 11.6 Å². The summed E-state index contributed by atoms with van der Waals surface area (Å²) in [6.07, 6.45) is 1.45. The maximum absolute atomic E-state index is 13.2. The Morgan fingerprint density at radius 1 is 1.11 bits per heavy atom. The highest BCUT2D eigenvalue weighted by Gasteiger charge is 2.44. The lowest BCUT2D eigenvalue weighted by atomic mass is 10.2. The second-order valence-corrected chi connectivity index (χ2v) is 7.70. The smallest absolute Gasteiger partial charge is 0.327 e. The van der Waals surface area contributed by atoms with Gasteiger partial charge in [0.25, 0.3) is 5.56 Å². The quantitative estimate of drug-likeness (QED) is 0.823. The average molecular weight is 407 g/mol. The van der Waals surface area contributed by atoms with Crippen molar-refractivity contribution in [1.29, 1.82) is 0 Å². The largest absolute Gasteiger partial charge is 0.335 e. The number of halogens is 1. The molecule has 1 aromatic heterocycles. The lowest BCUT2D eigenvalue weighted by Gasteiger charge is -2.45. The number of nitrogens with zero attached hydrogens (tertiary/aromatic N) is 3. The summed E-state index contributed by atoms with van der Waals surface area (Å²) in [5.74, 6) is 0.721. The number of amides is 4. The first-order valence-electron chi connectivity index (χ1n) is 8.35. The minimum atomic E-state index is -0.532. The maximum atomic E-state index is 13.2. The highest BCUT2D eigenvalue weighted by Crippen LogP contribution is 2.30. The van der Waals surface area contributed by atoms with E-state index in [0.717, 1.165) is 16.2 Å². The molecule has 1 aromatic carbocycles. The van der Waals surface area contributed by atoms with E-state index in [9.17, 15) is 14.4 Å². The van der Waals surface area contributed by atoms with Crippen molar-refractivity contribution in [3.05, 3.63) is 63.5 Å². The van der Waals surface area contributed by atoms with Crippen molar-refractivity contribution in [3.63, 3.8) is 0 Å². The zero-order valence-electron chi connectivity index (χ0n) is 14.9. The Hall–Kier alpha value is -2.45. The van der Waals surface area contributed by atoms with Gasteiger partial charge in [0.15, 0.2) is 5.50 Å². The molecule has 4 amide bonds. The number of carbonyl (C=O) groups is 2. The first-order chi connectivity index (χ1) is 12.9. The Morgan fingerprint density at radius 2 is 1.81 bits per heavy atom. The van der Waals surface area contributed by atoms with E-state index in [0.29, 0.717) is 5.02 Å². The number of carbonyl (C=O) groups excluding carboxylic acids is 2. The number of hydrogen-bond donors (Lipinski definition) is 1. The van der Waals surface area contributed by atoms with E-state index in [1.165, 1.54) is 28.9 Å². The first-order valence-corrected chi connectivity index (χ1v) is 9.78. The number of anilines is 1. The van der Waals surface area contributed by atoms with Crippen LogP contribution in [0.25, 0.3) is 0 Å². The fourth-order valence-corrected chi connectivity index (χ4v) is 3.93. The molecular formula is C18H19ClN4O3S. The van der Waals surface area contributed by atoms with Crippen LogP contribution in [0.3, 0.4) is 0 Å². The third-order valence-corrected chi connectivity index (χ3v) is 5.60. The zero-order valence-corrected chi connectivity index (χ0v) is 16.5. The van der Waals surface area contributed by atoms with Crippen LogP contribution in [0.1, 0.15) is 12.5 Å². The van der Waals surface area contributed by atoms with Crippen molar-refractivity contribution in [3.8, 4) is 0 Å². The van der Waals surface area contributed by atoms with E-state index >= 15 is 0 Å². The molecule has 0 radical (unpaired) electrons. The van der Waals surface area contributed by atoms with Crippen molar-refractivity contribution >= 4 is 41.1 Å². The lowest BCUT2D eigenvalue weighted by Crippen LogP contribution is -2.64. The lowest BCUT2D eigenvalue weighted by molar-refractivity contribution is 0.126. The van der Waals surface area contributed by atoms with Crippen LogP contribution in [0.2, 0.25) is 5.02 Å². The topological polar surface area (TPSA) is 76.7 Å². The van der Waals surface area contributed by atoms with Crippen molar-refractivity contribution in [2.45, 2.75) is 19.0 Å². The second-order valence-electron chi connectivity index (χ2n) is 5.93. The third kappa shape index (κ3) is 3.81. The average Bonchev–Trinajstić information content (AvgIpc) is 2.66. The maximum Gasteiger partial charge on any atom is 0.335 e. The van der Waals surface area contributed by atoms with E-state index in [1.54, 1.807) is 30.1 Å². The summed E-state index contributed by atoms with van der Waals surface area (Å²) in [5, 5.41) is 0.605. The van der Waals surface area contributed by atoms with E-state index < -0.39 is 23.1 Å². The standard InChI is InChI=1S/C18H19ClN4O3S/c1-3-27-18-21(2)16(25)23(14-5-4-10-20-15(14)24)17(26)22(18)11-12-6-8-13(19)9-7-12/h4-10,18H,3,11H2,1-2H3,(H,20,24). The molecule has 7 nitrogen and oxygen atoms in total. The molecule has 1 aliphatic heterocycles. The fraction of sp³-hybridized carbons (Fsp3) is 0.278. The molecule has 27 heavy (non-hydrogen) atoms. The van der Waals surface area contributed by atoms with Crippen LogP contribution in [-0.4, -0.2) is 45.1 Å². The molecule has 2 aromatic rings. The van der Waals surface area contributed by atoms with Crippen LogP contribution in [0.4, 0.5) is 15.3 Å². The van der Waals surface area contributed by atoms with Gasteiger partial charge in [-0.3, -0.25) is 14.6 Å². The molecule has 1 fully saturated rings. The Bertz CT molecular complexity index is 902. The highest BCUT2D eigenvalue weighted by molar-refractivity contribution is 7.99. The van der Waals surface area contributed by atoms with Crippen molar-refractivity contribution in [2.24, 2.45) is 0 Å². The second kappa shape index (κ2) is 8.06. The predicted octanol–water partition coefficient (Wildman–Crippen LogP) is 3.56. The van der Waals surface area contributed by atoms with Gasteiger partial charge in [0.1, 0.15) is 5.69 Å². The molecule has 2 heterocycles. The molecule has 1 aliphatic rings. The third-order valence-electron chi connectivity index (χ3n) is 4.15. The van der Waals surface area contributed by atoms with Gasteiger partial charge >= 0.3 is 12.1 Å². The Balaban J connectivity index is 2.00. The van der Waals surface area contributed by atoms with E-state index in [-0.39, 0.29) is 12.2 Å². The summed E-state index contributed by atoms with van der Waals surface area (Å²) < 4.78 is 0.